The van der Waals surface area contributed by atoms with E-state index in [1.54, 1.807) is 0 Å². The molecule has 1 heterocycles. The summed E-state index contributed by atoms with van der Waals surface area (Å²) >= 11 is 0. The zero-order valence-electron chi connectivity index (χ0n) is 5.13. The molecule has 0 spiro atoms. The molecule has 1 fully saturated rings. The van der Waals surface area contributed by atoms with Gasteiger partial charge in [-0.3, -0.25) is 0 Å². The van der Waals surface area contributed by atoms with Crippen molar-refractivity contribution in [2.45, 2.75) is 18.6 Å². The van der Waals surface area contributed by atoms with E-state index in [2.05, 4.69) is 15.8 Å². The molecule has 2 atom stereocenters. The quantitative estimate of drug-likeness (QED) is 0.479. The number of β-amino-alcohol motifs (C(OH)–C–C–N with tert-alkyl or cyclic N) is 1. The molecule has 0 aromatic heterocycles. The second-order valence-electron chi connectivity index (χ2n) is 2.31. The zero-order chi connectivity index (χ0) is 6.69. The lowest BCUT2D eigenvalue weighted by Gasteiger charge is -2.06. The second kappa shape index (κ2) is 3.31. The number of aliphatic hydroxyl groups is 1. The van der Waals surface area contributed by atoms with E-state index in [0.717, 1.165) is 6.42 Å². The van der Waals surface area contributed by atoms with Gasteiger partial charge in [0.2, 0.25) is 10.5 Å². The highest BCUT2D eigenvalue weighted by atomic mass is 28.2. The molecule has 1 saturated heterocycles. The Morgan fingerprint density at radius 1 is 1.78 bits per heavy atom. The summed E-state index contributed by atoms with van der Waals surface area (Å²) in [6, 6.07) is 0.317. The van der Waals surface area contributed by atoms with Crippen LogP contribution in [0.3, 0.4) is 0 Å². The summed E-state index contributed by atoms with van der Waals surface area (Å²) in [6.07, 6.45) is 0.613. The minimum Gasteiger partial charge on any atom is -0.417 e. The van der Waals surface area contributed by atoms with Gasteiger partial charge in [-0.2, -0.15) is 0 Å². The van der Waals surface area contributed by atoms with Gasteiger partial charge in [-0.1, -0.05) is 0 Å². The Morgan fingerprint density at radius 3 is 3.00 bits per heavy atom. The first-order chi connectivity index (χ1) is 4.33. The fraction of sp³-hybridized carbons (Fsp3) is 1.00. The van der Waals surface area contributed by atoms with Crippen LogP contribution in [0.4, 0.5) is 0 Å². The molecule has 9 heavy (non-hydrogen) atoms. The predicted molar refractivity (Wildman–Crippen MR) is 34.1 cm³/mol. The Balaban J connectivity index is 2.14. The normalized spacial score (nSPS) is 35.3. The van der Waals surface area contributed by atoms with Gasteiger partial charge in [-0.25, -0.2) is 0 Å². The Labute approximate surface area is 57.9 Å². The van der Waals surface area contributed by atoms with Gasteiger partial charge in [0.05, 0.1) is 6.10 Å². The third-order valence-electron chi connectivity index (χ3n) is 1.48. The molecule has 4 heteroatoms. The maximum Gasteiger partial charge on any atom is 0.246 e. The third-order valence-corrected chi connectivity index (χ3v) is 1.65. The average Bonchev–Trinajstić information content (AvgIpc) is 2.17. The molecular formula is C5H10NO2Si. The highest BCUT2D eigenvalue weighted by molar-refractivity contribution is 5.97. The van der Waals surface area contributed by atoms with Crippen molar-refractivity contribution in [1.29, 1.82) is 0 Å². The summed E-state index contributed by atoms with van der Waals surface area (Å²) in [4.78, 5) is 0. The van der Waals surface area contributed by atoms with Gasteiger partial charge in [0.25, 0.3) is 0 Å². The molecule has 3 nitrogen and oxygen atoms in total. The highest BCUT2D eigenvalue weighted by Crippen LogP contribution is 2.05. The topological polar surface area (TPSA) is 41.5 Å². The van der Waals surface area contributed by atoms with Crippen LogP contribution in [-0.4, -0.2) is 40.9 Å². The van der Waals surface area contributed by atoms with Crippen molar-refractivity contribution >= 4 is 10.5 Å². The van der Waals surface area contributed by atoms with Gasteiger partial charge < -0.3 is 14.8 Å². The third kappa shape index (κ3) is 2.06. The van der Waals surface area contributed by atoms with Crippen molar-refractivity contribution in [3.63, 3.8) is 0 Å². The molecule has 0 aromatic rings. The molecular weight excluding hydrogens is 134 g/mol. The molecule has 0 saturated carbocycles. The van der Waals surface area contributed by atoms with Gasteiger partial charge in [0, 0.05) is 19.2 Å². The fourth-order valence-corrected chi connectivity index (χ4v) is 1.23. The molecule has 0 bridgehead atoms. The lowest BCUT2D eigenvalue weighted by atomic mass is 10.2. The van der Waals surface area contributed by atoms with Gasteiger partial charge in [0.1, 0.15) is 0 Å². The first-order valence-corrected chi connectivity index (χ1v) is 3.43. The van der Waals surface area contributed by atoms with Crippen LogP contribution in [0.2, 0.25) is 0 Å². The van der Waals surface area contributed by atoms with E-state index in [1.807, 2.05) is 0 Å². The standard InChI is InChI=1S/C5H10NO2Si/c7-5-1-4(3-8-9)6-2-5/h4-7H,1-3H2/t4-,5?/m0/s1. The van der Waals surface area contributed by atoms with Crippen molar-refractivity contribution in [2.24, 2.45) is 0 Å². The van der Waals surface area contributed by atoms with E-state index in [1.165, 1.54) is 0 Å². The first-order valence-electron chi connectivity index (χ1n) is 3.03. The Kier molecular flexibility index (Phi) is 2.65. The molecule has 3 radical (unpaired) electrons. The van der Waals surface area contributed by atoms with Crippen LogP contribution in [0.15, 0.2) is 0 Å². The minimum absolute atomic E-state index is 0.184. The molecule has 0 aliphatic carbocycles. The molecule has 0 aromatic carbocycles. The lowest BCUT2D eigenvalue weighted by molar-refractivity contribution is 0.188. The van der Waals surface area contributed by atoms with Crippen molar-refractivity contribution < 1.29 is 9.53 Å². The lowest BCUT2D eigenvalue weighted by Crippen LogP contribution is -2.26. The Hall–Kier alpha value is 0.0969. The van der Waals surface area contributed by atoms with Gasteiger partial charge in [-0.05, 0) is 6.42 Å². The molecule has 1 aliphatic heterocycles. The molecule has 1 unspecified atom stereocenters. The van der Waals surface area contributed by atoms with Crippen molar-refractivity contribution in [2.75, 3.05) is 13.2 Å². The summed E-state index contributed by atoms with van der Waals surface area (Å²) in [6.45, 7) is 1.31. The summed E-state index contributed by atoms with van der Waals surface area (Å²) < 4.78 is 4.71. The van der Waals surface area contributed by atoms with E-state index in [9.17, 15) is 0 Å². The smallest absolute Gasteiger partial charge is 0.246 e. The monoisotopic (exact) mass is 144 g/mol. The number of rotatable bonds is 2. The van der Waals surface area contributed by atoms with Gasteiger partial charge in [-0.15, -0.1) is 0 Å². The molecule has 51 valence electrons. The minimum atomic E-state index is -0.184. The molecule has 1 rings (SSSR count). The Morgan fingerprint density at radius 2 is 2.56 bits per heavy atom. The Bertz CT molecular complexity index is 89.0. The largest absolute Gasteiger partial charge is 0.417 e. The molecule has 1 aliphatic rings. The summed E-state index contributed by atoms with van der Waals surface area (Å²) in [5.41, 5.74) is 0. The summed E-state index contributed by atoms with van der Waals surface area (Å²) in [5.74, 6) is 0. The van der Waals surface area contributed by atoms with E-state index >= 15 is 0 Å². The number of hydrogen-bond acceptors (Lipinski definition) is 3. The van der Waals surface area contributed by atoms with Crippen LogP contribution in [0, 0.1) is 0 Å². The van der Waals surface area contributed by atoms with Crippen LogP contribution < -0.4 is 5.32 Å². The SMILES string of the molecule is OC1CN[C@H](CO[Si])C1. The average molecular weight is 144 g/mol. The zero-order valence-corrected chi connectivity index (χ0v) is 6.13. The van der Waals surface area contributed by atoms with Crippen LogP contribution in [0.5, 0.6) is 0 Å². The highest BCUT2D eigenvalue weighted by Gasteiger charge is 2.20. The number of nitrogens with one attached hydrogen (secondary N) is 1. The van der Waals surface area contributed by atoms with Gasteiger partial charge >= 0.3 is 0 Å². The first kappa shape index (κ1) is 7.21. The fourth-order valence-electron chi connectivity index (χ4n) is 1.03. The summed E-state index contributed by atoms with van der Waals surface area (Å²) in [5, 5.41) is 12.1. The van der Waals surface area contributed by atoms with E-state index in [-0.39, 0.29) is 6.10 Å². The van der Waals surface area contributed by atoms with Gasteiger partial charge in [0.15, 0.2) is 0 Å². The van der Waals surface area contributed by atoms with E-state index in [0.29, 0.717) is 19.2 Å². The van der Waals surface area contributed by atoms with Crippen LogP contribution in [0.1, 0.15) is 6.42 Å². The van der Waals surface area contributed by atoms with Crippen LogP contribution in [0.25, 0.3) is 0 Å². The predicted octanol–water partition coefficient (Wildman–Crippen LogP) is -1.19. The maximum absolute atomic E-state index is 8.99. The number of hydrogen-bond donors (Lipinski definition) is 2. The second-order valence-corrected chi connectivity index (χ2v) is 2.59. The van der Waals surface area contributed by atoms with Crippen LogP contribution >= 0.6 is 0 Å². The van der Waals surface area contributed by atoms with E-state index < -0.39 is 0 Å². The van der Waals surface area contributed by atoms with Crippen molar-refractivity contribution in [3.05, 3.63) is 0 Å². The maximum atomic E-state index is 8.99. The number of aliphatic hydroxyl groups excluding tert-OH is 1. The van der Waals surface area contributed by atoms with Crippen molar-refractivity contribution in [3.8, 4) is 0 Å². The van der Waals surface area contributed by atoms with Crippen molar-refractivity contribution in [1.82, 2.24) is 5.32 Å². The molecule has 0 amide bonds. The van der Waals surface area contributed by atoms with E-state index in [4.69, 9.17) is 9.53 Å². The van der Waals surface area contributed by atoms with Crippen LogP contribution in [-0.2, 0) is 4.43 Å². The molecule has 2 N–H and O–H groups in total. The summed E-state index contributed by atoms with van der Waals surface area (Å²) in [7, 11) is 2.90.